The lowest BCUT2D eigenvalue weighted by Crippen LogP contribution is -2.35. The van der Waals surface area contributed by atoms with Crippen molar-refractivity contribution in [2.75, 3.05) is 0 Å². The van der Waals surface area contributed by atoms with Gasteiger partial charge in [0.25, 0.3) is 0 Å². The van der Waals surface area contributed by atoms with Gasteiger partial charge in [-0.05, 0) is 77.2 Å². The van der Waals surface area contributed by atoms with E-state index in [1.165, 1.54) is 62.8 Å². The van der Waals surface area contributed by atoms with Gasteiger partial charge in [-0.2, -0.15) is 4.57 Å². The standard InChI is InChI=1S/C27H32NSSi/c1-18-14-22-8-11-29-26(22)17-25(18)27-24-7-6-21(16-23(24)15-19(2)28(27)3)20-9-12-30(4,5)13-10-20/h6-8,11,14-17,20H,9-10,12-13H2,1-5H3/q+1/i15D. The molecule has 30 heavy (non-hydrogen) atoms. The van der Waals surface area contributed by atoms with Gasteiger partial charge in [-0.1, -0.05) is 37.3 Å². The van der Waals surface area contributed by atoms with Crippen LogP contribution in [0.25, 0.3) is 32.1 Å². The summed E-state index contributed by atoms with van der Waals surface area (Å²) in [7, 11) is 1.15. The molecule has 1 aliphatic rings. The Hall–Kier alpha value is -1.97. The Morgan fingerprint density at radius 2 is 1.80 bits per heavy atom. The summed E-state index contributed by atoms with van der Waals surface area (Å²) in [6.45, 7) is 9.37. The Morgan fingerprint density at radius 3 is 2.57 bits per heavy atom. The molecular formula is C27H32NSSi+. The summed E-state index contributed by atoms with van der Waals surface area (Å²) in [5.74, 6) is 0.659. The number of pyridine rings is 1. The van der Waals surface area contributed by atoms with E-state index in [1.54, 1.807) is 11.3 Å². The zero-order valence-corrected chi connectivity index (χ0v) is 20.6. The van der Waals surface area contributed by atoms with Crippen molar-refractivity contribution in [2.24, 2.45) is 7.05 Å². The van der Waals surface area contributed by atoms with Crippen molar-refractivity contribution < 1.29 is 5.94 Å². The minimum Gasteiger partial charge on any atom is -0.198 e. The van der Waals surface area contributed by atoms with E-state index < -0.39 is 8.07 Å². The summed E-state index contributed by atoms with van der Waals surface area (Å²) in [5.41, 5.74) is 6.28. The van der Waals surface area contributed by atoms with Crippen LogP contribution in [0.5, 0.6) is 0 Å². The molecule has 4 aromatic rings. The lowest BCUT2D eigenvalue weighted by atomic mass is 9.90. The predicted octanol–water partition coefficient (Wildman–Crippen LogP) is 7.75. The number of nitrogens with zero attached hydrogens (tertiary/aromatic N) is 1. The number of hydrogen-bond acceptors (Lipinski definition) is 1. The molecular weight excluding hydrogens is 398 g/mol. The molecule has 1 aliphatic heterocycles. The van der Waals surface area contributed by atoms with E-state index in [-0.39, 0.29) is 0 Å². The van der Waals surface area contributed by atoms with Crippen molar-refractivity contribution in [3.63, 3.8) is 0 Å². The van der Waals surface area contributed by atoms with Crippen LogP contribution < -0.4 is 4.57 Å². The molecule has 0 unspecified atom stereocenters. The van der Waals surface area contributed by atoms with Crippen LogP contribution in [0.1, 0.15) is 37.0 Å². The first-order valence-electron chi connectivity index (χ1n) is 11.7. The van der Waals surface area contributed by atoms with Crippen LogP contribution in [0.2, 0.25) is 25.2 Å². The Kier molecular flexibility index (Phi) is 4.58. The number of benzene rings is 2. The Morgan fingerprint density at radius 1 is 1.03 bits per heavy atom. The van der Waals surface area contributed by atoms with Crippen LogP contribution in [0, 0.1) is 13.8 Å². The van der Waals surface area contributed by atoms with E-state index in [9.17, 15) is 0 Å². The average molecular weight is 432 g/mol. The van der Waals surface area contributed by atoms with Crippen molar-refractivity contribution >= 4 is 40.3 Å². The van der Waals surface area contributed by atoms with E-state index in [1.807, 2.05) is 0 Å². The SMILES string of the molecule is [2H]c1c(C)[n+](C)c(-c2cc3sccc3cc2C)c2ccc(C3CC[Si](C)(C)CC3)cc12. The Balaban J connectivity index is 1.69. The third kappa shape index (κ3) is 3.42. The molecule has 0 radical (unpaired) electrons. The van der Waals surface area contributed by atoms with Crippen molar-refractivity contribution in [1.29, 1.82) is 0 Å². The first kappa shape index (κ1) is 18.8. The highest BCUT2D eigenvalue weighted by molar-refractivity contribution is 7.17. The lowest BCUT2D eigenvalue weighted by Gasteiger charge is -2.33. The van der Waals surface area contributed by atoms with Crippen LogP contribution in [0.3, 0.4) is 0 Å². The van der Waals surface area contributed by atoms with Gasteiger partial charge in [0.05, 0.1) is 12.3 Å². The van der Waals surface area contributed by atoms with Crippen LogP contribution in [-0.2, 0) is 7.05 Å². The number of aromatic nitrogens is 1. The molecule has 0 bridgehead atoms. The largest absolute Gasteiger partial charge is 0.220 e. The molecule has 0 spiro atoms. The predicted molar refractivity (Wildman–Crippen MR) is 134 cm³/mol. The average Bonchev–Trinajstić information content (AvgIpc) is 3.19. The first-order valence-corrected chi connectivity index (χ1v) is 15.5. The van der Waals surface area contributed by atoms with Crippen molar-refractivity contribution in [1.82, 2.24) is 0 Å². The van der Waals surface area contributed by atoms with Gasteiger partial charge in [-0.3, -0.25) is 0 Å². The topological polar surface area (TPSA) is 3.88 Å². The molecule has 1 saturated heterocycles. The van der Waals surface area contributed by atoms with Gasteiger partial charge in [0.1, 0.15) is 7.05 Å². The summed E-state index contributed by atoms with van der Waals surface area (Å²) in [4.78, 5) is 0. The second-order valence-corrected chi connectivity index (χ2v) is 16.3. The van der Waals surface area contributed by atoms with E-state index in [0.717, 1.165) is 11.1 Å². The van der Waals surface area contributed by atoms with E-state index in [2.05, 4.69) is 80.3 Å². The summed E-state index contributed by atoms with van der Waals surface area (Å²) in [6.07, 6.45) is 2.64. The molecule has 0 atom stereocenters. The fourth-order valence-corrected chi connectivity index (χ4v) is 8.51. The molecule has 0 saturated carbocycles. The Bertz CT molecular complexity index is 1310. The van der Waals surface area contributed by atoms with Crippen LogP contribution >= 0.6 is 11.3 Å². The van der Waals surface area contributed by atoms with Crippen LogP contribution in [-0.4, -0.2) is 8.07 Å². The zero-order valence-electron chi connectivity index (χ0n) is 19.8. The molecule has 2 aromatic carbocycles. The number of hydrogen-bond donors (Lipinski definition) is 0. The van der Waals surface area contributed by atoms with Crippen LogP contribution in [0.15, 0.2) is 47.8 Å². The number of aryl methyl sites for hydroxylation is 1. The van der Waals surface area contributed by atoms with Gasteiger partial charge < -0.3 is 0 Å². The van der Waals surface area contributed by atoms with Gasteiger partial charge in [0.15, 0.2) is 5.69 Å². The molecule has 154 valence electrons. The van der Waals surface area contributed by atoms with Crippen molar-refractivity contribution in [2.45, 2.75) is 57.8 Å². The maximum Gasteiger partial charge on any atom is 0.220 e. The molecule has 0 N–H and O–H groups in total. The van der Waals surface area contributed by atoms with E-state index in [4.69, 9.17) is 1.37 Å². The van der Waals surface area contributed by atoms with Gasteiger partial charge in [0.2, 0.25) is 5.69 Å². The van der Waals surface area contributed by atoms with Crippen molar-refractivity contribution in [3.8, 4) is 11.3 Å². The number of rotatable bonds is 2. The molecule has 3 heteroatoms. The summed E-state index contributed by atoms with van der Waals surface area (Å²) in [5, 5.41) is 5.80. The van der Waals surface area contributed by atoms with E-state index >= 15 is 0 Å². The summed E-state index contributed by atoms with van der Waals surface area (Å²) >= 11 is 1.80. The fraction of sp³-hybridized carbons (Fsp3) is 0.370. The maximum atomic E-state index is 8.91. The van der Waals surface area contributed by atoms with Gasteiger partial charge in [0, 0.05) is 25.7 Å². The quantitative estimate of drug-likeness (QED) is 0.226. The second-order valence-electron chi connectivity index (χ2n) is 9.99. The van der Waals surface area contributed by atoms with E-state index in [0.29, 0.717) is 12.0 Å². The monoisotopic (exact) mass is 431 g/mol. The molecule has 3 heterocycles. The Labute approximate surface area is 186 Å². The highest BCUT2D eigenvalue weighted by Crippen LogP contribution is 2.40. The maximum absolute atomic E-state index is 8.91. The first-order chi connectivity index (χ1) is 14.7. The third-order valence-electron chi connectivity index (χ3n) is 7.32. The molecule has 2 aromatic heterocycles. The molecule has 1 fully saturated rings. The third-order valence-corrected chi connectivity index (χ3v) is 11.5. The smallest absolute Gasteiger partial charge is 0.198 e. The summed E-state index contributed by atoms with van der Waals surface area (Å²) in [6, 6.07) is 17.4. The van der Waals surface area contributed by atoms with Crippen LogP contribution in [0.4, 0.5) is 0 Å². The highest BCUT2D eigenvalue weighted by atomic mass is 32.1. The van der Waals surface area contributed by atoms with Gasteiger partial charge in [-0.25, -0.2) is 0 Å². The van der Waals surface area contributed by atoms with Crippen molar-refractivity contribution in [3.05, 3.63) is 64.6 Å². The normalized spacial score (nSPS) is 17.6. The molecule has 1 nitrogen and oxygen atoms in total. The fourth-order valence-electron chi connectivity index (χ4n) is 5.19. The molecule has 0 aliphatic carbocycles. The second kappa shape index (κ2) is 7.32. The van der Waals surface area contributed by atoms with Gasteiger partial charge >= 0.3 is 0 Å². The molecule has 0 amide bonds. The lowest BCUT2D eigenvalue weighted by molar-refractivity contribution is -0.665. The number of fused-ring (bicyclic) bond motifs is 2. The summed E-state index contributed by atoms with van der Waals surface area (Å²) < 4.78 is 12.5. The minimum atomic E-state index is -0.962. The zero-order chi connectivity index (χ0) is 21.9. The van der Waals surface area contributed by atoms with Gasteiger partial charge in [-0.15, -0.1) is 11.3 Å². The molecule has 5 rings (SSSR count). The highest BCUT2D eigenvalue weighted by Gasteiger charge is 2.29. The number of thiophene rings is 1. The minimum absolute atomic E-state index is 0.659.